The van der Waals surface area contributed by atoms with Crippen molar-refractivity contribution in [3.63, 3.8) is 0 Å². The average molecular weight is 802 g/mol. The summed E-state index contributed by atoms with van der Waals surface area (Å²) < 4.78 is 0. The van der Waals surface area contributed by atoms with Crippen molar-refractivity contribution < 1.29 is 48.9 Å². The van der Waals surface area contributed by atoms with Crippen LogP contribution < -0.4 is 61.0 Å². The molecule has 0 saturated carbocycles. The van der Waals surface area contributed by atoms with E-state index in [9.17, 15) is 43.8 Å². The molecule has 0 fully saturated rings. The van der Waals surface area contributed by atoms with Gasteiger partial charge in [0.05, 0.1) is 12.1 Å². The Balaban J connectivity index is 6.36. The zero-order valence-corrected chi connectivity index (χ0v) is 32.4. The van der Waals surface area contributed by atoms with Gasteiger partial charge in [-0.3, -0.25) is 38.8 Å². The lowest BCUT2D eigenvalue weighted by Crippen LogP contribution is -2.61. The molecule has 0 aromatic carbocycles. The number of aliphatic hydroxyl groups excluding tert-OH is 1. The van der Waals surface area contributed by atoms with Gasteiger partial charge >= 0.3 is 11.9 Å². The quantitative estimate of drug-likeness (QED) is 0.0192. The molecule has 0 rings (SSSR count). The Labute approximate surface area is 326 Å². The lowest BCUT2D eigenvalue weighted by Gasteiger charge is -2.28. The van der Waals surface area contributed by atoms with Crippen molar-refractivity contribution in [2.75, 3.05) is 19.6 Å². The van der Waals surface area contributed by atoms with Crippen LogP contribution in [0.2, 0.25) is 0 Å². The highest BCUT2D eigenvalue weighted by molar-refractivity contribution is 5.96. The SMILES string of the molecule is CC(C)C[C@H](NC(=O)[C@H](CCCN=C(N)N)NC(=O)[C@H](CCCN=C(N)N)NC(=O)[C@@H](N)CCCCN)C(=O)N[C@H](C(=O)N[C@@H](CCC(=O)O)C(=O)O)[C@@H](C)O. The number of carbonyl (C=O) groups is 7. The zero-order chi connectivity index (χ0) is 43.0. The summed E-state index contributed by atoms with van der Waals surface area (Å²) in [4.78, 5) is 97.5. The number of carboxylic acids is 2. The van der Waals surface area contributed by atoms with Crippen molar-refractivity contribution >= 4 is 53.4 Å². The van der Waals surface area contributed by atoms with Crippen LogP contribution in [0.3, 0.4) is 0 Å². The lowest BCUT2D eigenvalue weighted by atomic mass is 10.0. The third kappa shape index (κ3) is 22.2. The number of aliphatic carboxylic acids is 2. The van der Waals surface area contributed by atoms with E-state index < -0.39 is 96.7 Å². The first-order valence-electron chi connectivity index (χ1n) is 18.4. The van der Waals surface area contributed by atoms with Crippen molar-refractivity contribution in [3.8, 4) is 0 Å². The van der Waals surface area contributed by atoms with E-state index in [1.165, 1.54) is 0 Å². The first-order valence-corrected chi connectivity index (χ1v) is 18.4. The Kier molecular flexibility index (Phi) is 24.7. The molecular weight excluding hydrogens is 738 g/mol. The lowest BCUT2D eigenvalue weighted by molar-refractivity contribution is -0.144. The van der Waals surface area contributed by atoms with Crippen LogP contribution in [-0.2, 0) is 33.6 Å². The fourth-order valence-electron chi connectivity index (χ4n) is 5.16. The van der Waals surface area contributed by atoms with Crippen LogP contribution in [0, 0.1) is 5.92 Å². The van der Waals surface area contributed by atoms with E-state index in [1.54, 1.807) is 13.8 Å². The maximum Gasteiger partial charge on any atom is 0.326 e. The minimum absolute atomic E-state index is 0.0161. The molecule has 0 heterocycles. The summed E-state index contributed by atoms with van der Waals surface area (Å²) in [5, 5.41) is 41.0. The number of aliphatic hydroxyl groups is 1. The number of unbranched alkanes of at least 4 members (excludes halogenated alkanes) is 1. The number of hydrogen-bond donors (Lipinski definition) is 14. The molecule has 0 bridgehead atoms. The number of amides is 5. The van der Waals surface area contributed by atoms with Crippen molar-refractivity contribution in [2.45, 2.75) is 127 Å². The molecule has 0 aliphatic rings. The van der Waals surface area contributed by atoms with E-state index in [-0.39, 0.29) is 63.0 Å². The molecular formula is C33H63N13O10. The van der Waals surface area contributed by atoms with Crippen molar-refractivity contribution in [1.29, 1.82) is 0 Å². The maximum absolute atomic E-state index is 13.8. The summed E-state index contributed by atoms with van der Waals surface area (Å²) in [6, 6.07) is -8.13. The number of aliphatic imine (C=N–C) groups is 2. The van der Waals surface area contributed by atoms with Gasteiger partial charge in [-0.05, 0) is 70.8 Å². The second kappa shape index (κ2) is 27.3. The number of hydrogen-bond acceptors (Lipinski definition) is 12. The first kappa shape index (κ1) is 50.7. The molecule has 0 unspecified atom stereocenters. The van der Waals surface area contributed by atoms with E-state index in [4.69, 9.17) is 39.5 Å². The van der Waals surface area contributed by atoms with E-state index >= 15 is 0 Å². The second-order valence-corrected chi connectivity index (χ2v) is 13.7. The topological polar surface area (TPSA) is 421 Å². The highest BCUT2D eigenvalue weighted by Crippen LogP contribution is 2.10. The summed E-state index contributed by atoms with van der Waals surface area (Å²) in [7, 11) is 0. The summed E-state index contributed by atoms with van der Waals surface area (Å²) >= 11 is 0. The Morgan fingerprint density at radius 2 is 1.05 bits per heavy atom. The van der Waals surface area contributed by atoms with Crippen LogP contribution >= 0.6 is 0 Å². The number of carbonyl (C=O) groups excluding carboxylic acids is 5. The molecule has 7 atom stereocenters. The number of carboxylic acid groups (broad SMARTS) is 2. The molecule has 0 saturated heterocycles. The molecule has 320 valence electrons. The zero-order valence-electron chi connectivity index (χ0n) is 32.4. The van der Waals surface area contributed by atoms with Gasteiger partial charge in [0.25, 0.3) is 0 Å². The van der Waals surface area contributed by atoms with Gasteiger partial charge in [-0.25, -0.2) is 4.79 Å². The molecule has 0 aromatic rings. The second-order valence-electron chi connectivity index (χ2n) is 13.7. The Hall–Kier alpha value is -5.29. The largest absolute Gasteiger partial charge is 0.481 e. The molecule has 0 aliphatic heterocycles. The molecule has 20 N–H and O–H groups in total. The maximum atomic E-state index is 13.8. The molecule has 0 aliphatic carbocycles. The van der Waals surface area contributed by atoms with E-state index in [1.807, 2.05) is 0 Å². The highest BCUT2D eigenvalue weighted by Gasteiger charge is 2.34. The number of guanidine groups is 2. The number of nitrogens with one attached hydrogen (secondary N) is 5. The molecule has 23 nitrogen and oxygen atoms in total. The Morgan fingerprint density at radius 1 is 0.589 bits per heavy atom. The van der Waals surface area contributed by atoms with Crippen LogP contribution in [0.1, 0.15) is 85.0 Å². The third-order valence-electron chi connectivity index (χ3n) is 8.13. The van der Waals surface area contributed by atoms with Gasteiger partial charge in [0.1, 0.15) is 30.2 Å². The van der Waals surface area contributed by atoms with Crippen molar-refractivity contribution in [3.05, 3.63) is 0 Å². The Bertz CT molecular complexity index is 1350. The predicted octanol–water partition coefficient (Wildman–Crippen LogP) is -4.65. The monoisotopic (exact) mass is 801 g/mol. The first-order chi connectivity index (χ1) is 26.2. The summed E-state index contributed by atoms with van der Waals surface area (Å²) in [6.45, 7) is 5.27. The summed E-state index contributed by atoms with van der Waals surface area (Å²) in [5.74, 6) is -7.66. The summed E-state index contributed by atoms with van der Waals surface area (Å²) in [5.41, 5.74) is 33.2. The third-order valence-corrected chi connectivity index (χ3v) is 8.13. The molecule has 0 radical (unpaired) electrons. The molecule has 56 heavy (non-hydrogen) atoms. The summed E-state index contributed by atoms with van der Waals surface area (Å²) in [6.07, 6.45) is -0.621. The van der Waals surface area contributed by atoms with E-state index in [0.717, 1.165) is 6.92 Å². The van der Waals surface area contributed by atoms with Crippen molar-refractivity contribution in [2.24, 2.45) is 50.3 Å². The van der Waals surface area contributed by atoms with Gasteiger partial charge in [0.15, 0.2) is 11.9 Å². The molecule has 23 heteroatoms. The molecule has 0 spiro atoms. The predicted molar refractivity (Wildman–Crippen MR) is 206 cm³/mol. The van der Waals surface area contributed by atoms with Crippen LogP contribution in [0.4, 0.5) is 0 Å². The van der Waals surface area contributed by atoms with Gasteiger partial charge in [-0.15, -0.1) is 0 Å². The molecule has 5 amide bonds. The van der Waals surface area contributed by atoms with Gasteiger partial charge in [0.2, 0.25) is 29.5 Å². The van der Waals surface area contributed by atoms with Crippen LogP contribution in [0.25, 0.3) is 0 Å². The Morgan fingerprint density at radius 3 is 1.48 bits per heavy atom. The van der Waals surface area contributed by atoms with Crippen LogP contribution in [0.15, 0.2) is 9.98 Å². The smallest absolute Gasteiger partial charge is 0.326 e. The van der Waals surface area contributed by atoms with Crippen molar-refractivity contribution in [1.82, 2.24) is 26.6 Å². The van der Waals surface area contributed by atoms with E-state index in [2.05, 4.69) is 36.6 Å². The minimum atomic E-state index is -1.71. The standard InChI is InChI=1S/C33H63N13O10/c1-17(2)16-23(29(53)46-25(18(3)47)30(54)44-22(31(55)56)11-12-24(48)49)45-28(52)21(10-7-15-41-33(38)39)43-27(51)20(9-6-14-40-32(36)37)42-26(50)19(35)8-4-5-13-34/h17-23,25,47H,4-16,34-35H2,1-3H3,(H,42,50)(H,43,51)(H,44,54)(H,45,52)(H,46,53)(H,48,49)(H,55,56)(H4,36,37,40)(H4,38,39,41)/t18-,19+,20+,21+,22+,23+,25+/m1/s1. The van der Waals surface area contributed by atoms with Gasteiger partial charge in [-0.1, -0.05) is 20.3 Å². The van der Waals surface area contributed by atoms with E-state index in [0.29, 0.717) is 25.8 Å². The van der Waals surface area contributed by atoms with Crippen LogP contribution in [-0.4, -0.2) is 131 Å². The van der Waals surface area contributed by atoms with Gasteiger partial charge in [0, 0.05) is 19.5 Å². The fraction of sp³-hybridized carbons (Fsp3) is 0.727. The van der Waals surface area contributed by atoms with Gasteiger partial charge < -0.3 is 76.3 Å². The molecule has 0 aromatic heterocycles. The number of nitrogens with two attached hydrogens (primary N) is 6. The van der Waals surface area contributed by atoms with Crippen LogP contribution in [0.5, 0.6) is 0 Å². The minimum Gasteiger partial charge on any atom is -0.481 e. The van der Waals surface area contributed by atoms with Gasteiger partial charge in [-0.2, -0.15) is 0 Å². The highest BCUT2D eigenvalue weighted by atomic mass is 16.4. The fourth-order valence-corrected chi connectivity index (χ4v) is 5.16. The number of nitrogens with zero attached hydrogens (tertiary/aromatic N) is 2. The average Bonchev–Trinajstić information content (AvgIpc) is 3.09. The normalized spacial score (nSPS) is 14.7. The number of rotatable bonds is 29.